The van der Waals surface area contributed by atoms with Gasteiger partial charge in [0.2, 0.25) is 0 Å². The standard InChI is InChI=1S/C18H19N3O/c1-21(2)17-9-5-14(6-10-17)11-12-20-18(22)16-7-3-15(13-19)4-8-16/h3-10H,11-12H2,1-2H3,(H,20,22). The van der Waals surface area contributed by atoms with E-state index in [0.717, 1.165) is 12.1 Å². The number of nitriles is 1. The molecule has 112 valence electrons. The summed E-state index contributed by atoms with van der Waals surface area (Å²) in [5, 5.41) is 11.6. The highest BCUT2D eigenvalue weighted by Gasteiger charge is 2.04. The zero-order valence-electron chi connectivity index (χ0n) is 12.8. The van der Waals surface area contributed by atoms with E-state index in [-0.39, 0.29) is 5.91 Å². The molecule has 0 saturated heterocycles. The molecular formula is C18H19N3O. The molecule has 4 heteroatoms. The number of carbonyl (C=O) groups is 1. The van der Waals surface area contributed by atoms with Crippen molar-refractivity contribution in [3.63, 3.8) is 0 Å². The Bertz CT molecular complexity index is 667. The van der Waals surface area contributed by atoms with Crippen LogP contribution in [0.5, 0.6) is 0 Å². The Hall–Kier alpha value is -2.80. The summed E-state index contributed by atoms with van der Waals surface area (Å²) in [6.45, 7) is 0.583. The average molecular weight is 293 g/mol. The van der Waals surface area contributed by atoms with E-state index < -0.39 is 0 Å². The summed E-state index contributed by atoms with van der Waals surface area (Å²) >= 11 is 0. The van der Waals surface area contributed by atoms with Crippen LogP contribution in [0.3, 0.4) is 0 Å². The van der Waals surface area contributed by atoms with Crippen LogP contribution in [0.25, 0.3) is 0 Å². The van der Waals surface area contributed by atoms with E-state index in [4.69, 9.17) is 5.26 Å². The number of amides is 1. The Labute approximate surface area is 131 Å². The largest absolute Gasteiger partial charge is 0.378 e. The third-order valence-corrected chi connectivity index (χ3v) is 3.43. The molecule has 0 atom stereocenters. The van der Waals surface area contributed by atoms with E-state index in [1.165, 1.54) is 5.56 Å². The summed E-state index contributed by atoms with van der Waals surface area (Å²) < 4.78 is 0. The van der Waals surface area contributed by atoms with Crippen LogP contribution >= 0.6 is 0 Å². The van der Waals surface area contributed by atoms with Crippen molar-refractivity contribution in [2.75, 3.05) is 25.5 Å². The fraction of sp³-hybridized carbons (Fsp3) is 0.222. The fourth-order valence-electron chi connectivity index (χ4n) is 2.08. The highest BCUT2D eigenvalue weighted by Crippen LogP contribution is 2.12. The summed E-state index contributed by atoms with van der Waals surface area (Å²) in [6, 6.07) is 16.9. The number of carbonyl (C=O) groups excluding carboxylic acids is 1. The first-order chi connectivity index (χ1) is 10.6. The van der Waals surface area contributed by atoms with E-state index in [2.05, 4.69) is 34.5 Å². The fourth-order valence-corrected chi connectivity index (χ4v) is 2.08. The Kier molecular flexibility index (Phi) is 5.16. The monoisotopic (exact) mass is 293 g/mol. The smallest absolute Gasteiger partial charge is 0.251 e. The maximum absolute atomic E-state index is 12.0. The first-order valence-corrected chi connectivity index (χ1v) is 7.15. The van der Waals surface area contributed by atoms with Gasteiger partial charge in [0, 0.05) is 31.9 Å². The number of hydrogen-bond acceptors (Lipinski definition) is 3. The van der Waals surface area contributed by atoms with E-state index in [1.807, 2.05) is 20.2 Å². The molecule has 1 amide bonds. The lowest BCUT2D eigenvalue weighted by atomic mass is 10.1. The van der Waals surface area contributed by atoms with E-state index in [9.17, 15) is 4.79 Å². The molecule has 0 aromatic heterocycles. The van der Waals surface area contributed by atoms with Crippen LogP contribution in [-0.4, -0.2) is 26.5 Å². The number of hydrogen-bond donors (Lipinski definition) is 1. The van der Waals surface area contributed by atoms with E-state index >= 15 is 0 Å². The first kappa shape index (κ1) is 15.6. The predicted molar refractivity (Wildman–Crippen MR) is 88.0 cm³/mol. The highest BCUT2D eigenvalue weighted by atomic mass is 16.1. The second-order valence-corrected chi connectivity index (χ2v) is 5.26. The van der Waals surface area contributed by atoms with E-state index in [0.29, 0.717) is 17.7 Å². The Morgan fingerprint density at radius 3 is 2.27 bits per heavy atom. The Balaban J connectivity index is 1.85. The van der Waals surface area contributed by atoms with Gasteiger partial charge in [-0.1, -0.05) is 12.1 Å². The molecule has 0 spiro atoms. The molecule has 0 aliphatic carbocycles. The number of nitrogens with one attached hydrogen (secondary N) is 1. The summed E-state index contributed by atoms with van der Waals surface area (Å²) in [5.74, 6) is -0.116. The summed E-state index contributed by atoms with van der Waals surface area (Å²) in [4.78, 5) is 14.0. The van der Waals surface area contributed by atoms with Gasteiger partial charge in [-0.3, -0.25) is 4.79 Å². The third-order valence-electron chi connectivity index (χ3n) is 3.43. The van der Waals surface area contributed by atoms with Crippen molar-refractivity contribution >= 4 is 11.6 Å². The van der Waals surface area contributed by atoms with Crippen LogP contribution in [0.4, 0.5) is 5.69 Å². The van der Waals surface area contributed by atoms with Gasteiger partial charge in [-0.2, -0.15) is 5.26 Å². The molecule has 0 aliphatic heterocycles. The van der Waals surface area contributed by atoms with Gasteiger partial charge in [0.15, 0.2) is 0 Å². The van der Waals surface area contributed by atoms with Crippen LogP contribution < -0.4 is 10.2 Å². The van der Waals surface area contributed by atoms with Gasteiger partial charge in [0.05, 0.1) is 11.6 Å². The lowest BCUT2D eigenvalue weighted by Gasteiger charge is -2.12. The molecule has 0 heterocycles. The number of rotatable bonds is 5. The van der Waals surface area contributed by atoms with Gasteiger partial charge in [-0.05, 0) is 48.4 Å². The average Bonchev–Trinajstić information content (AvgIpc) is 2.55. The van der Waals surface area contributed by atoms with Gasteiger partial charge in [0.25, 0.3) is 5.91 Å². The molecule has 2 aromatic carbocycles. The molecule has 4 nitrogen and oxygen atoms in total. The molecule has 2 aromatic rings. The van der Waals surface area contributed by atoms with Gasteiger partial charge < -0.3 is 10.2 Å². The first-order valence-electron chi connectivity index (χ1n) is 7.15. The predicted octanol–water partition coefficient (Wildman–Crippen LogP) is 2.60. The summed E-state index contributed by atoms with van der Waals surface area (Å²) in [7, 11) is 4.01. The minimum absolute atomic E-state index is 0.116. The number of nitrogens with zero attached hydrogens (tertiary/aromatic N) is 2. The molecule has 0 fully saturated rings. The lowest BCUT2D eigenvalue weighted by molar-refractivity contribution is 0.0954. The Morgan fingerprint density at radius 2 is 1.73 bits per heavy atom. The van der Waals surface area contributed by atoms with Crippen molar-refractivity contribution in [3.8, 4) is 6.07 Å². The van der Waals surface area contributed by atoms with Crippen molar-refractivity contribution in [2.45, 2.75) is 6.42 Å². The van der Waals surface area contributed by atoms with Gasteiger partial charge in [-0.25, -0.2) is 0 Å². The topological polar surface area (TPSA) is 56.1 Å². The molecule has 0 aliphatic rings. The molecule has 0 saturated carbocycles. The minimum Gasteiger partial charge on any atom is -0.378 e. The maximum Gasteiger partial charge on any atom is 0.251 e. The van der Waals surface area contributed by atoms with Crippen molar-refractivity contribution in [1.29, 1.82) is 5.26 Å². The molecule has 0 bridgehead atoms. The van der Waals surface area contributed by atoms with Crippen LogP contribution in [0, 0.1) is 11.3 Å². The van der Waals surface area contributed by atoms with Gasteiger partial charge in [-0.15, -0.1) is 0 Å². The van der Waals surface area contributed by atoms with E-state index in [1.54, 1.807) is 24.3 Å². The van der Waals surface area contributed by atoms with Crippen LogP contribution in [0.2, 0.25) is 0 Å². The summed E-state index contributed by atoms with van der Waals surface area (Å²) in [6.07, 6.45) is 0.787. The second-order valence-electron chi connectivity index (χ2n) is 5.26. The van der Waals surface area contributed by atoms with Gasteiger partial charge in [0.1, 0.15) is 0 Å². The lowest BCUT2D eigenvalue weighted by Crippen LogP contribution is -2.25. The quantitative estimate of drug-likeness (QED) is 0.922. The third kappa shape index (κ3) is 4.10. The normalized spacial score (nSPS) is 9.86. The zero-order valence-corrected chi connectivity index (χ0v) is 12.8. The van der Waals surface area contributed by atoms with Crippen molar-refractivity contribution in [1.82, 2.24) is 5.32 Å². The van der Waals surface area contributed by atoms with Crippen molar-refractivity contribution in [2.24, 2.45) is 0 Å². The molecule has 1 N–H and O–H groups in total. The zero-order chi connectivity index (χ0) is 15.9. The highest BCUT2D eigenvalue weighted by molar-refractivity contribution is 5.94. The minimum atomic E-state index is -0.116. The molecule has 2 rings (SSSR count). The molecule has 0 unspecified atom stereocenters. The van der Waals surface area contributed by atoms with Crippen LogP contribution in [0.1, 0.15) is 21.5 Å². The van der Waals surface area contributed by atoms with Crippen LogP contribution in [-0.2, 0) is 6.42 Å². The second kappa shape index (κ2) is 7.28. The Morgan fingerprint density at radius 1 is 1.09 bits per heavy atom. The summed E-state index contributed by atoms with van der Waals surface area (Å²) in [5.41, 5.74) is 3.47. The molecular weight excluding hydrogens is 274 g/mol. The molecule has 0 radical (unpaired) electrons. The molecule has 22 heavy (non-hydrogen) atoms. The number of benzene rings is 2. The van der Waals surface area contributed by atoms with Crippen LogP contribution in [0.15, 0.2) is 48.5 Å². The SMILES string of the molecule is CN(C)c1ccc(CCNC(=O)c2ccc(C#N)cc2)cc1. The van der Waals surface area contributed by atoms with Crippen molar-refractivity contribution < 1.29 is 4.79 Å². The van der Waals surface area contributed by atoms with Gasteiger partial charge >= 0.3 is 0 Å². The maximum atomic E-state index is 12.0. The van der Waals surface area contributed by atoms with Crippen molar-refractivity contribution in [3.05, 3.63) is 65.2 Å². The number of anilines is 1.